The number of thioether (sulfide) groups is 1. The van der Waals surface area contributed by atoms with E-state index in [-0.39, 0.29) is 0 Å². The van der Waals surface area contributed by atoms with Gasteiger partial charge >= 0.3 is 5.97 Å². The van der Waals surface area contributed by atoms with Gasteiger partial charge in [-0.2, -0.15) is 0 Å². The molecule has 1 aromatic carbocycles. The fourth-order valence-electron chi connectivity index (χ4n) is 1.55. The molecule has 1 aromatic heterocycles. The van der Waals surface area contributed by atoms with E-state index in [0.29, 0.717) is 6.61 Å². The Morgan fingerprint density at radius 3 is 2.80 bits per heavy atom. The summed E-state index contributed by atoms with van der Waals surface area (Å²) in [5.41, 5.74) is 0.883. The molecule has 0 aliphatic heterocycles. The molecule has 0 fully saturated rings. The number of ether oxygens (including phenoxy) is 1. The van der Waals surface area contributed by atoms with Gasteiger partial charge in [0.15, 0.2) is 0 Å². The highest BCUT2D eigenvalue weighted by Crippen LogP contribution is 2.22. The second-order valence-corrected chi connectivity index (χ2v) is 5.86. The number of hydrogen-bond donors (Lipinski definition) is 1. The SMILES string of the molecule is CSc1ccc(OCc2cc(C=CC(=O)O)cs2)cc1. The van der Waals surface area contributed by atoms with Crippen LogP contribution in [0, 0.1) is 0 Å². The molecule has 0 saturated heterocycles. The molecule has 0 amide bonds. The van der Waals surface area contributed by atoms with Crippen LogP contribution in [-0.4, -0.2) is 17.3 Å². The van der Waals surface area contributed by atoms with Crippen molar-refractivity contribution in [3.05, 3.63) is 52.2 Å². The van der Waals surface area contributed by atoms with E-state index < -0.39 is 5.97 Å². The summed E-state index contributed by atoms with van der Waals surface area (Å²) >= 11 is 3.25. The van der Waals surface area contributed by atoms with E-state index in [1.54, 1.807) is 29.2 Å². The summed E-state index contributed by atoms with van der Waals surface area (Å²) in [5.74, 6) is -0.110. The maximum atomic E-state index is 10.4. The molecule has 0 spiro atoms. The van der Waals surface area contributed by atoms with Crippen LogP contribution in [0.2, 0.25) is 0 Å². The molecular weight excluding hydrogens is 292 g/mol. The number of rotatable bonds is 6. The first-order chi connectivity index (χ1) is 9.67. The molecule has 1 N–H and O–H groups in total. The number of carboxylic acids is 1. The first-order valence-corrected chi connectivity index (χ1v) is 8.03. The number of aliphatic carboxylic acids is 1. The normalized spacial score (nSPS) is 10.8. The molecule has 0 unspecified atom stereocenters. The van der Waals surface area contributed by atoms with Gasteiger partial charge < -0.3 is 9.84 Å². The molecule has 1 heterocycles. The van der Waals surface area contributed by atoms with Gasteiger partial charge in [-0.15, -0.1) is 23.1 Å². The van der Waals surface area contributed by atoms with Crippen LogP contribution >= 0.6 is 23.1 Å². The zero-order valence-corrected chi connectivity index (χ0v) is 12.5. The lowest BCUT2D eigenvalue weighted by molar-refractivity contribution is -0.131. The van der Waals surface area contributed by atoms with Crippen molar-refractivity contribution in [2.24, 2.45) is 0 Å². The Labute approximate surface area is 125 Å². The number of thiophene rings is 1. The van der Waals surface area contributed by atoms with Crippen LogP contribution in [0.5, 0.6) is 5.75 Å². The molecule has 3 nitrogen and oxygen atoms in total. The molecule has 0 bridgehead atoms. The first-order valence-electron chi connectivity index (χ1n) is 5.92. The van der Waals surface area contributed by atoms with Crippen molar-refractivity contribution in [1.82, 2.24) is 0 Å². The van der Waals surface area contributed by atoms with Gasteiger partial charge in [0, 0.05) is 15.8 Å². The highest BCUT2D eigenvalue weighted by molar-refractivity contribution is 7.98. The fraction of sp³-hybridized carbons (Fsp3) is 0.133. The Hall–Kier alpha value is -1.72. The summed E-state index contributed by atoms with van der Waals surface area (Å²) in [6.45, 7) is 0.490. The van der Waals surface area contributed by atoms with Crippen molar-refractivity contribution in [3.63, 3.8) is 0 Å². The van der Waals surface area contributed by atoms with Gasteiger partial charge in [-0.05, 0) is 53.6 Å². The summed E-state index contributed by atoms with van der Waals surface area (Å²) in [7, 11) is 0. The summed E-state index contributed by atoms with van der Waals surface area (Å²) < 4.78 is 5.69. The summed E-state index contributed by atoms with van der Waals surface area (Å²) in [6.07, 6.45) is 4.75. The molecule has 0 atom stereocenters. The van der Waals surface area contributed by atoms with Crippen LogP contribution in [0.4, 0.5) is 0 Å². The second-order valence-electron chi connectivity index (χ2n) is 3.98. The van der Waals surface area contributed by atoms with E-state index >= 15 is 0 Å². The molecule has 5 heteroatoms. The van der Waals surface area contributed by atoms with E-state index in [2.05, 4.69) is 0 Å². The Morgan fingerprint density at radius 2 is 2.15 bits per heavy atom. The third kappa shape index (κ3) is 4.43. The number of carboxylic acid groups (broad SMARTS) is 1. The number of hydrogen-bond acceptors (Lipinski definition) is 4. The highest BCUT2D eigenvalue weighted by atomic mass is 32.2. The van der Waals surface area contributed by atoms with Crippen molar-refractivity contribution < 1.29 is 14.6 Å². The summed E-state index contributed by atoms with van der Waals surface area (Å²) in [6, 6.07) is 9.88. The lowest BCUT2D eigenvalue weighted by Gasteiger charge is -2.04. The van der Waals surface area contributed by atoms with E-state index in [1.807, 2.05) is 42.0 Å². The van der Waals surface area contributed by atoms with Crippen molar-refractivity contribution in [1.29, 1.82) is 0 Å². The highest BCUT2D eigenvalue weighted by Gasteiger charge is 2.00. The molecule has 2 rings (SSSR count). The van der Waals surface area contributed by atoms with Gasteiger partial charge in [0.25, 0.3) is 0 Å². The van der Waals surface area contributed by atoms with Crippen molar-refractivity contribution in [3.8, 4) is 5.75 Å². The third-order valence-corrected chi connectivity index (χ3v) is 4.20. The standard InChI is InChI=1S/C15H14O3S2/c1-19-13-5-3-12(4-6-13)18-9-14-8-11(10-20-14)2-7-15(16)17/h2-8,10H,9H2,1H3,(H,16,17). The lowest BCUT2D eigenvalue weighted by Crippen LogP contribution is -1.92. The topological polar surface area (TPSA) is 46.5 Å². The monoisotopic (exact) mass is 306 g/mol. The molecule has 20 heavy (non-hydrogen) atoms. The van der Waals surface area contributed by atoms with Gasteiger partial charge in [-0.1, -0.05) is 0 Å². The average Bonchev–Trinajstić information content (AvgIpc) is 2.91. The van der Waals surface area contributed by atoms with Crippen LogP contribution in [0.15, 0.2) is 46.7 Å². The van der Waals surface area contributed by atoms with Gasteiger partial charge in [0.1, 0.15) is 12.4 Å². The Bertz CT molecular complexity index is 600. The molecule has 0 aliphatic carbocycles. The summed E-state index contributed by atoms with van der Waals surface area (Å²) in [4.78, 5) is 12.7. The van der Waals surface area contributed by atoms with Gasteiger partial charge in [0.05, 0.1) is 0 Å². The van der Waals surface area contributed by atoms with E-state index in [9.17, 15) is 4.79 Å². The largest absolute Gasteiger partial charge is 0.488 e. The van der Waals surface area contributed by atoms with Gasteiger partial charge in [0.2, 0.25) is 0 Å². The Balaban J connectivity index is 1.91. The Morgan fingerprint density at radius 1 is 1.40 bits per heavy atom. The minimum absolute atomic E-state index is 0.490. The Kier molecular flexibility index (Phi) is 5.26. The van der Waals surface area contributed by atoms with Gasteiger partial charge in [-0.25, -0.2) is 4.79 Å². The fourth-order valence-corrected chi connectivity index (χ4v) is 2.73. The average molecular weight is 306 g/mol. The second kappa shape index (κ2) is 7.17. The smallest absolute Gasteiger partial charge is 0.328 e. The van der Waals surface area contributed by atoms with E-state index in [4.69, 9.17) is 9.84 Å². The van der Waals surface area contributed by atoms with Crippen LogP contribution in [0.3, 0.4) is 0 Å². The lowest BCUT2D eigenvalue weighted by atomic mass is 10.3. The zero-order valence-electron chi connectivity index (χ0n) is 10.9. The predicted octanol–water partition coefficient (Wildman–Crippen LogP) is 4.15. The quantitative estimate of drug-likeness (QED) is 0.643. The maximum absolute atomic E-state index is 10.4. The van der Waals surface area contributed by atoms with Crippen molar-refractivity contribution in [2.75, 3.05) is 6.26 Å². The molecule has 0 radical (unpaired) electrons. The van der Waals surface area contributed by atoms with E-state index in [1.165, 1.54) is 4.90 Å². The first kappa shape index (κ1) is 14.7. The minimum atomic E-state index is -0.942. The van der Waals surface area contributed by atoms with E-state index in [0.717, 1.165) is 22.3 Å². The molecule has 2 aromatic rings. The van der Waals surface area contributed by atoms with Crippen molar-refractivity contribution in [2.45, 2.75) is 11.5 Å². The van der Waals surface area contributed by atoms with Crippen LogP contribution < -0.4 is 4.74 Å². The predicted molar refractivity (Wildman–Crippen MR) is 83.5 cm³/mol. The summed E-state index contributed by atoms with van der Waals surface area (Å²) in [5, 5.41) is 10.5. The number of benzene rings is 1. The minimum Gasteiger partial charge on any atom is -0.488 e. The molecule has 0 aliphatic rings. The maximum Gasteiger partial charge on any atom is 0.328 e. The molecule has 104 valence electrons. The molecular formula is C15H14O3S2. The van der Waals surface area contributed by atoms with Gasteiger partial charge in [-0.3, -0.25) is 0 Å². The zero-order chi connectivity index (χ0) is 14.4. The van der Waals surface area contributed by atoms with Crippen LogP contribution in [0.1, 0.15) is 10.4 Å². The third-order valence-electron chi connectivity index (χ3n) is 2.53. The van der Waals surface area contributed by atoms with Crippen LogP contribution in [0.25, 0.3) is 6.08 Å². The van der Waals surface area contributed by atoms with Crippen LogP contribution in [-0.2, 0) is 11.4 Å². The number of carbonyl (C=O) groups is 1. The van der Waals surface area contributed by atoms with Crippen molar-refractivity contribution >= 4 is 35.1 Å². The molecule has 0 saturated carbocycles.